The quantitative estimate of drug-likeness (QED) is 0.0482. The average Bonchev–Trinajstić information content (AvgIpc) is 3.32. The van der Waals surface area contributed by atoms with E-state index in [-0.39, 0.29) is 33.0 Å². The summed E-state index contributed by atoms with van der Waals surface area (Å²) in [5, 5.41) is 4.22. The van der Waals surface area contributed by atoms with Gasteiger partial charge >= 0.3 is 0 Å². The Bertz CT molecular complexity index is 2080. The number of hydrogen-bond acceptors (Lipinski definition) is 11. The predicted molar refractivity (Wildman–Crippen MR) is 223 cm³/mol. The highest BCUT2D eigenvalue weighted by atomic mass is 16.8. The SMILES string of the molecule is CO[C@H]1O[C@H](CO[C@@H]2O[C@@H]3CO[C@H](c4ccccc4)O[C@@H]3[C@H](OCc3ccccc3)[C@H]2N=[N+]=[N-])[C@@H](OCc2ccccc2)[C@H](OCc2ccccc2)[C@H]1OCc1ccccc1. The Morgan fingerprint density at radius 3 is 1.52 bits per heavy atom. The van der Waals surface area contributed by atoms with Gasteiger partial charge in [-0.1, -0.05) is 157 Å². The van der Waals surface area contributed by atoms with Gasteiger partial charge in [0.05, 0.1) is 39.6 Å². The maximum Gasteiger partial charge on any atom is 0.186 e. The highest BCUT2D eigenvalue weighted by Crippen LogP contribution is 2.38. The number of ether oxygens (including phenoxy) is 10. The summed E-state index contributed by atoms with van der Waals surface area (Å²) < 4.78 is 65.4. The third-order valence-corrected chi connectivity index (χ3v) is 11.0. The van der Waals surface area contributed by atoms with Crippen molar-refractivity contribution in [2.75, 3.05) is 20.3 Å². The van der Waals surface area contributed by atoms with E-state index in [0.717, 1.165) is 27.8 Å². The molecule has 0 N–H and O–H groups in total. The van der Waals surface area contributed by atoms with Crippen LogP contribution in [0.3, 0.4) is 0 Å². The van der Waals surface area contributed by atoms with Gasteiger partial charge in [-0.05, 0) is 27.8 Å². The normalized spacial score (nSPS) is 28.6. The Labute approximate surface area is 355 Å². The van der Waals surface area contributed by atoms with Gasteiger partial charge in [-0.2, -0.15) is 0 Å². The first-order valence-corrected chi connectivity index (χ1v) is 20.6. The Hall–Kier alpha value is -4.99. The number of benzene rings is 5. The maximum absolute atomic E-state index is 9.95. The number of fused-ring (bicyclic) bond motifs is 1. The van der Waals surface area contributed by atoms with Crippen LogP contribution in [-0.2, 0) is 73.8 Å². The van der Waals surface area contributed by atoms with Crippen molar-refractivity contribution in [3.8, 4) is 0 Å². The Morgan fingerprint density at radius 2 is 1.02 bits per heavy atom. The van der Waals surface area contributed by atoms with Gasteiger partial charge in [-0.25, -0.2) is 0 Å². The lowest BCUT2D eigenvalue weighted by atomic mass is 9.95. The Kier molecular flexibility index (Phi) is 15.2. The molecule has 0 spiro atoms. The van der Waals surface area contributed by atoms with E-state index in [1.165, 1.54) is 0 Å². The van der Waals surface area contributed by atoms with Gasteiger partial charge in [0.1, 0.15) is 48.8 Å². The van der Waals surface area contributed by atoms with Crippen LogP contribution in [0.5, 0.6) is 0 Å². The van der Waals surface area contributed by atoms with Gasteiger partial charge in [0.25, 0.3) is 0 Å². The van der Waals surface area contributed by atoms with E-state index in [9.17, 15) is 5.53 Å². The fourth-order valence-corrected chi connectivity index (χ4v) is 7.88. The highest BCUT2D eigenvalue weighted by molar-refractivity contribution is 5.19. The number of hydrogen-bond donors (Lipinski definition) is 0. The van der Waals surface area contributed by atoms with Crippen LogP contribution in [0, 0.1) is 0 Å². The summed E-state index contributed by atoms with van der Waals surface area (Å²) in [4.78, 5) is 3.23. The van der Waals surface area contributed by atoms with Crippen LogP contribution in [0.1, 0.15) is 34.1 Å². The van der Waals surface area contributed by atoms with Crippen molar-refractivity contribution >= 4 is 0 Å². The van der Waals surface area contributed by atoms with Crippen LogP contribution >= 0.6 is 0 Å². The number of methoxy groups -OCH3 is 1. The van der Waals surface area contributed by atoms with Gasteiger partial charge in [-0.15, -0.1) is 0 Å². The third-order valence-electron chi connectivity index (χ3n) is 11.0. The molecular formula is C48H51N3O10. The van der Waals surface area contributed by atoms with Crippen LogP contribution in [0.15, 0.2) is 157 Å². The lowest BCUT2D eigenvalue weighted by Gasteiger charge is -2.49. The lowest BCUT2D eigenvalue weighted by molar-refractivity contribution is -0.358. The minimum absolute atomic E-state index is 0.0603. The van der Waals surface area contributed by atoms with Gasteiger partial charge in [0.15, 0.2) is 18.9 Å². The summed E-state index contributed by atoms with van der Waals surface area (Å²) in [6.07, 6.45) is -7.50. The predicted octanol–water partition coefficient (Wildman–Crippen LogP) is 8.23. The molecule has 0 saturated carbocycles. The molecule has 61 heavy (non-hydrogen) atoms. The van der Waals surface area contributed by atoms with Gasteiger partial charge < -0.3 is 47.4 Å². The van der Waals surface area contributed by atoms with Crippen molar-refractivity contribution in [3.63, 3.8) is 0 Å². The van der Waals surface area contributed by atoms with Crippen LogP contribution in [0.4, 0.5) is 0 Å². The molecule has 3 aliphatic rings. The molecule has 3 aliphatic heterocycles. The van der Waals surface area contributed by atoms with Crippen molar-refractivity contribution in [2.45, 2.75) is 94.1 Å². The molecule has 13 nitrogen and oxygen atoms in total. The second-order valence-corrected chi connectivity index (χ2v) is 15.1. The molecule has 0 amide bonds. The molecule has 5 aromatic carbocycles. The summed E-state index contributed by atoms with van der Waals surface area (Å²) in [5.74, 6) is 0. The molecule has 3 heterocycles. The number of rotatable bonds is 18. The Morgan fingerprint density at radius 1 is 0.541 bits per heavy atom. The first-order chi connectivity index (χ1) is 30.2. The summed E-state index contributed by atoms with van der Waals surface area (Å²) in [6, 6.07) is 48.2. The number of nitrogens with zero attached hydrogens (tertiary/aromatic N) is 3. The van der Waals surface area contributed by atoms with Crippen molar-refractivity contribution in [1.29, 1.82) is 0 Å². The third kappa shape index (κ3) is 11.1. The summed E-state index contributed by atoms with van der Waals surface area (Å²) >= 11 is 0. The molecule has 0 unspecified atom stereocenters. The molecule has 0 aliphatic carbocycles. The molecule has 13 heteroatoms. The van der Waals surface area contributed by atoms with Gasteiger partial charge in [-0.3, -0.25) is 0 Å². The largest absolute Gasteiger partial charge is 0.370 e. The van der Waals surface area contributed by atoms with Crippen LogP contribution in [0.2, 0.25) is 0 Å². The zero-order valence-corrected chi connectivity index (χ0v) is 34.0. The van der Waals surface area contributed by atoms with E-state index in [1.807, 2.05) is 152 Å². The first-order valence-electron chi connectivity index (χ1n) is 20.6. The summed E-state index contributed by atoms with van der Waals surface area (Å²) in [5.41, 5.74) is 14.7. The summed E-state index contributed by atoms with van der Waals surface area (Å²) in [7, 11) is 1.57. The molecule has 3 saturated heterocycles. The highest BCUT2D eigenvalue weighted by Gasteiger charge is 2.53. The molecule has 0 aromatic heterocycles. The van der Waals surface area contributed by atoms with E-state index in [2.05, 4.69) is 10.0 Å². The smallest absolute Gasteiger partial charge is 0.186 e. The van der Waals surface area contributed by atoms with E-state index in [4.69, 9.17) is 47.4 Å². The van der Waals surface area contributed by atoms with E-state index in [0.29, 0.717) is 6.61 Å². The summed E-state index contributed by atoms with van der Waals surface area (Å²) in [6.45, 7) is 1.19. The second kappa shape index (κ2) is 21.7. The van der Waals surface area contributed by atoms with Gasteiger partial charge in [0.2, 0.25) is 0 Å². The Balaban J connectivity index is 1.07. The zero-order chi connectivity index (χ0) is 41.6. The zero-order valence-electron chi connectivity index (χ0n) is 34.0. The molecule has 3 fully saturated rings. The monoisotopic (exact) mass is 829 g/mol. The molecule has 318 valence electrons. The molecule has 11 atom stereocenters. The number of azide groups is 1. The van der Waals surface area contributed by atoms with E-state index < -0.39 is 67.6 Å². The van der Waals surface area contributed by atoms with E-state index >= 15 is 0 Å². The molecule has 0 bridgehead atoms. The fraction of sp³-hybridized carbons (Fsp3) is 0.375. The molecular weight excluding hydrogens is 779 g/mol. The van der Waals surface area contributed by atoms with Crippen molar-refractivity contribution < 1.29 is 47.4 Å². The van der Waals surface area contributed by atoms with Crippen LogP contribution in [-0.4, -0.2) is 81.7 Å². The minimum atomic E-state index is -1.08. The molecule has 8 rings (SSSR count). The van der Waals surface area contributed by atoms with Crippen molar-refractivity contribution in [2.24, 2.45) is 5.11 Å². The molecule has 0 radical (unpaired) electrons. The fourth-order valence-electron chi connectivity index (χ4n) is 7.88. The standard InChI is InChI=1S/C48H51N3O10/c1-52-48-45(56-30-36-23-13-5-14-24-36)44(55-29-35-21-11-4-12-22-35)41(53-27-33-17-7-2-8-18-33)38(60-48)31-58-47-40(50-51-49)43(54-28-34-19-9-3-10-20-34)42-39(59-47)32-57-46(61-42)37-25-15-6-16-26-37/h2-26,38-48H,27-32H2,1H3/t38-,39-,40-,41-,42+,43-,44+,45-,46+,47-,48+/m1/s1. The maximum atomic E-state index is 9.95. The van der Waals surface area contributed by atoms with Crippen LogP contribution < -0.4 is 0 Å². The minimum Gasteiger partial charge on any atom is -0.370 e. The van der Waals surface area contributed by atoms with Crippen molar-refractivity contribution in [3.05, 3.63) is 190 Å². The van der Waals surface area contributed by atoms with Crippen LogP contribution in [0.25, 0.3) is 10.4 Å². The topological polar surface area (TPSA) is 141 Å². The lowest BCUT2D eigenvalue weighted by Crippen LogP contribution is -2.64. The van der Waals surface area contributed by atoms with Gasteiger partial charge in [0, 0.05) is 17.6 Å². The molecule has 5 aromatic rings. The van der Waals surface area contributed by atoms with Crippen molar-refractivity contribution in [1.82, 2.24) is 0 Å². The van der Waals surface area contributed by atoms with E-state index in [1.54, 1.807) is 7.11 Å². The first kappa shape index (κ1) is 42.7. The average molecular weight is 830 g/mol. The second-order valence-electron chi connectivity index (χ2n) is 15.1.